The lowest BCUT2D eigenvalue weighted by molar-refractivity contribution is 0.0454. The highest BCUT2D eigenvalue weighted by atomic mass is 32.1. The first-order chi connectivity index (χ1) is 23.7. The van der Waals surface area contributed by atoms with Crippen LogP contribution in [0.15, 0.2) is 70.6 Å². The number of benzene rings is 3. The van der Waals surface area contributed by atoms with Crippen LogP contribution in [-0.2, 0) is 18.5 Å². The Morgan fingerprint density at radius 2 is 1.71 bits per heavy atom. The maximum Gasteiger partial charge on any atom is 0.361 e. The standard InChI is InChI=1S/C35H34F2N5O5PS/c1-5-45-48(43,46-6-2)26-13-9-23(10-14-26)30-20-49-35(39-30)41-31-16-11-24(33-21(3)40-47-22(33)4)18-29(31)38-34(41)32-8-7-17-44-42(32)25-12-15-27(36)28(37)19-25/h9-16,18-20,32H,5-8,17H2,1-4H3/t32-/m0/s1. The number of rotatable bonds is 10. The number of aryl methyl sites for hydroxylation is 2. The van der Waals surface area contributed by atoms with E-state index in [9.17, 15) is 13.3 Å². The number of fused-ring (bicyclic) bond motifs is 1. The van der Waals surface area contributed by atoms with Crippen LogP contribution in [0, 0.1) is 25.5 Å². The molecule has 254 valence electrons. The highest BCUT2D eigenvalue weighted by Crippen LogP contribution is 2.47. The average Bonchev–Trinajstić information content (AvgIpc) is 3.82. The van der Waals surface area contributed by atoms with Crippen LogP contribution in [0.2, 0.25) is 0 Å². The fraction of sp³-hybridized carbons (Fsp3) is 0.286. The van der Waals surface area contributed by atoms with Gasteiger partial charge in [-0.1, -0.05) is 23.4 Å². The van der Waals surface area contributed by atoms with Crippen molar-refractivity contribution in [2.45, 2.75) is 46.6 Å². The molecule has 10 nitrogen and oxygen atoms in total. The molecule has 0 aliphatic carbocycles. The molecule has 4 heterocycles. The lowest BCUT2D eigenvalue weighted by atomic mass is 10.0. The molecule has 0 unspecified atom stereocenters. The van der Waals surface area contributed by atoms with Gasteiger partial charge in [0.1, 0.15) is 17.6 Å². The van der Waals surface area contributed by atoms with E-state index in [-0.39, 0.29) is 13.2 Å². The fourth-order valence-electron chi connectivity index (χ4n) is 6.17. The summed E-state index contributed by atoms with van der Waals surface area (Å²) in [5.41, 5.74) is 6.04. The number of anilines is 1. The molecule has 3 aromatic heterocycles. The molecule has 3 aromatic carbocycles. The number of imidazole rings is 1. The third-order valence-corrected chi connectivity index (χ3v) is 11.3. The summed E-state index contributed by atoms with van der Waals surface area (Å²) in [5.74, 6) is -0.548. The van der Waals surface area contributed by atoms with E-state index in [0.29, 0.717) is 51.9 Å². The van der Waals surface area contributed by atoms with E-state index in [0.717, 1.165) is 46.5 Å². The van der Waals surface area contributed by atoms with E-state index in [1.54, 1.807) is 31.0 Å². The zero-order valence-corrected chi connectivity index (χ0v) is 29.1. The highest BCUT2D eigenvalue weighted by Gasteiger charge is 2.33. The molecule has 1 saturated heterocycles. The van der Waals surface area contributed by atoms with Gasteiger partial charge in [0.2, 0.25) is 0 Å². The summed E-state index contributed by atoms with van der Waals surface area (Å²) in [6.07, 6.45) is 1.39. The van der Waals surface area contributed by atoms with Crippen molar-refractivity contribution >= 4 is 41.0 Å². The van der Waals surface area contributed by atoms with E-state index in [4.69, 9.17) is 28.4 Å². The molecular weight excluding hydrogens is 671 g/mol. The molecule has 0 radical (unpaired) electrons. The summed E-state index contributed by atoms with van der Waals surface area (Å²) < 4.78 is 60.1. The first-order valence-electron chi connectivity index (χ1n) is 16.0. The van der Waals surface area contributed by atoms with Crippen molar-refractivity contribution in [2.75, 3.05) is 24.9 Å². The van der Waals surface area contributed by atoms with Crippen LogP contribution < -0.4 is 10.4 Å². The maximum atomic E-state index is 14.4. The third kappa shape index (κ3) is 6.21. The van der Waals surface area contributed by atoms with Gasteiger partial charge in [-0.05, 0) is 82.5 Å². The molecule has 0 N–H and O–H groups in total. The van der Waals surface area contributed by atoms with Crippen molar-refractivity contribution in [2.24, 2.45) is 0 Å². The predicted molar refractivity (Wildman–Crippen MR) is 184 cm³/mol. The summed E-state index contributed by atoms with van der Waals surface area (Å²) >= 11 is 1.44. The van der Waals surface area contributed by atoms with Crippen molar-refractivity contribution in [3.63, 3.8) is 0 Å². The summed E-state index contributed by atoms with van der Waals surface area (Å²) in [7, 11) is -3.43. The number of hydrogen-bond acceptors (Lipinski definition) is 10. The van der Waals surface area contributed by atoms with E-state index in [2.05, 4.69) is 5.16 Å². The van der Waals surface area contributed by atoms with Gasteiger partial charge in [-0.3, -0.25) is 14.0 Å². The van der Waals surface area contributed by atoms with Crippen molar-refractivity contribution < 1.29 is 31.8 Å². The second-order valence-corrected chi connectivity index (χ2v) is 14.4. The van der Waals surface area contributed by atoms with Crippen molar-refractivity contribution in [3.05, 3.63) is 95.0 Å². The third-order valence-electron chi connectivity index (χ3n) is 8.35. The summed E-state index contributed by atoms with van der Waals surface area (Å²) in [6.45, 7) is 8.26. The molecule has 0 amide bonds. The second-order valence-electron chi connectivity index (χ2n) is 11.5. The minimum atomic E-state index is -3.43. The van der Waals surface area contributed by atoms with Gasteiger partial charge >= 0.3 is 7.60 Å². The molecule has 7 rings (SSSR count). The Hall–Kier alpha value is -4.26. The molecule has 14 heteroatoms. The van der Waals surface area contributed by atoms with Crippen LogP contribution in [0.4, 0.5) is 14.5 Å². The Morgan fingerprint density at radius 1 is 0.959 bits per heavy atom. The van der Waals surface area contributed by atoms with Crippen LogP contribution in [-0.4, -0.2) is 39.5 Å². The van der Waals surface area contributed by atoms with Crippen LogP contribution in [0.1, 0.15) is 50.0 Å². The van der Waals surface area contributed by atoms with Crippen LogP contribution in [0.5, 0.6) is 0 Å². The largest absolute Gasteiger partial charge is 0.361 e. The smallest absolute Gasteiger partial charge is 0.361 e. The van der Waals surface area contributed by atoms with Crippen LogP contribution in [0.25, 0.3) is 38.5 Å². The quantitative estimate of drug-likeness (QED) is 0.129. The number of hydroxylamine groups is 1. The van der Waals surface area contributed by atoms with Crippen molar-refractivity contribution in [1.82, 2.24) is 19.7 Å². The normalized spacial score (nSPS) is 15.4. The zero-order chi connectivity index (χ0) is 34.3. The predicted octanol–water partition coefficient (Wildman–Crippen LogP) is 8.86. The SMILES string of the molecule is CCOP(=O)(OCC)c1ccc(-c2csc(-n3c([C@@H]4CCCON4c4ccc(F)c(F)c4)nc4cc(-c5c(C)noc5C)ccc43)n2)cc1. The lowest BCUT2D eigenvalue weighted by Gasteiger charge is -2.35. The molecule has 1 aliphatic heterocycles. The molecule has 1 aliphatic rings. The first kappa shape index (κ1) is 33.2. The van der Waals surface area contributed by atoms with Crippen LogP contribution >= 0.6 is 18.9 Å². The van der Waals surface area contributed by atoms with Gasteiger partial charge in [-0.2, -0.15) is 0 Å². The van der Waals surface area contributed by atoms with E-state index >= 15 is 0 Å². The Morgan fingerprint density at radius 3 is 2.41 bits per heavy atom. The number of thiazole rings is 1. The molecule has 49 heavy (non-hydrogen) atoms. The van der Waals surface area contributed by atoms with Gasteiger partial charge < -0.3 is 13.6 Å². The molecule has 0 saturated carbocycles. The van der Waals surface area contributed by atoms with Gasteiger partial charge in [0.25, 0.3) is 0 Å². The fourth-order valence-corrected chi connectivity index (χ4v) is 8.59. The molecular formula is C35H34F2N5O5PS. The first-order valence-corrected chi connectivity index (χ1v) is 18.4. The van der Waals surface area contributed by atoms with E-state index in [1.165, 1.54) is 17.4 Å². The molecule has 1 fully saturated rings. The van der Waals surface area contributed by atoms with Gasteiger partial charge in [0, 0.05) is 22.6 Å². The molecule has 0 spiro atoms. The molecule has 1 atom stereocenters. The van der Waals surface area contributed by atoms with Gasteiger partial charge in [0.05, 0.1) is 53.2 Å². The Labute approximate surface area is 285 Å². The zero-order valence-electron chi connectivity index (χ0n) is 27.4. The van der Waals surface area contributed by atoms with Gasteiger partial charge in [-0.15, -0.1) is 11.3 Å². The summed E-state index contributed by atoms with van der Waals surface area (Å²) in [5, 5.41) is 8.82. The van der Waals surface area contributed by atoms with Gasteiger partial charge in [0.15, 0.2) is 16.8 Å². The minimum absolute atomic E-state index is 0.259. The molecule has 6 aromatic rings. The van der Waals surface area contributed by atoms with Crippen LogP contribution in [0.3, 0.4) is 0 Å². The number of halogens is 2. The Kier molecular flexibility index (Phi) is 9.21. The average molecular weight is 706 g/mol. The lowest BCUT2D eigenvalue weighted by Crippen LogP contribution is -2.35. The topological polar surface area (TPSA) is 105 Å². The second kappa shape index (κ2) is 13.6. The number of aromatic nitrogens is 4. The summed E-state index contributed by atoms with van der Waals surface area (Å²) in [4.78, 5) is 16.3. The monoisotopic (exact) mass is 705 g/mol. The number of nitrogens with zero attached hydrogens (tertiary/aromatic N) is 5. The minimum Gasteiger partial charge on any atom is -0.361 e. The van der Waals surface area contributed by atoms with Crippen molar-refractivity contribution in [1.29, 1.82) is 0 Å². The van der Waals surface area contributed by atoms with E-state index in [1.807, 2.05) is 54.1 Å². The van der Waals surface area contributed by atoms with Gasteiger partial charge in [-0.25, -0.2) is 23.8 Å². The Balaban J connectivity index is 1.33. The molecule has 0 bridgehead atoms. The van der Waals surface area contributed by atoms with Crippen molar-refractivity contribution in [3.8, 4) is 27.5 Å². The highest BCUT2D eigenvalue weighted by molar-refractivity contribution is 7.62. The van der Waals surface area contributed by atoms with E-state index < -0.39 is 25.3 Å². The number of hydrogen-bond donors (Lipinski definition) is 0. The summed E-state index contributed by atoms with van der Waals surface area (Å²) in [6, 6.07) is 16.5. The maximum absolute atomic E-state index is 14.4. The Bertz CT molecular complexity index is 2150.